The Morgan fingerprint density at radius 3 is 1.47 bits per heavy atom. The summed E-state index contributed by atoms with van der Waals surface area (Å²) in [4.78, 5) is 0. The third-order valence-corrected chi connectivity index (χ3v) is 12.7. The van der Waals surface area contributed by atoms with Crippen LogP contribution >= 0.6 is 0 Å². The monoisotopic (exact) mass is 412 g/mol. The molecule has 3 atom stereocenters. The minimum atomic E-state index is -2.64. The van der Waals surface area contributed by atoms with Gasteiger partial charge in [0.2, 0.25) is 0 Å². The fraction of sp³-hybridized carbons (Fsp3) is 0.357. The predicted molar refractivity (Wildman–Crippen MR) is 128 cm³/mol. The molecular formula is C28H32OSi. The van der Waals surface area contributed by atoms with E-state index in [4.69, 9.17) is 4.43 Å². The summed E-state index contributed by atoms with van der Waals surface area (Å²) in [6.45, 7) is 7.44. The van der Waals surface area contributed by atoms with Crippen LogP contribution in [0.15, 0.2) is 91.0 Å². The molecule has 0 aromatic heterocycles. The zero-order valence-electron chi connectivity index (χ0n) is 18.3. The molecule has 30 heavy (non-hydrogen) atoms. The highest BCUT2D eigenvalue weighted by atomic mass is 28.4. The fourth-order valence-electron chi connectivity index (χ4n) is 6.24. The largest absolute Gasteiger partial charge is 0.401 e. The van der Waals surface area contributed by atoms with E-state index in [9.17, 15) is 0 Å². The van der Waals surface area contributed by atoms with Crippen LogP contribution in [0.5, 0.6) is 0 Å². The van der Waals surface area contributed by atoms with Crippen LogP contribution in [0.25, 0.3) is 0 Å². The topological polar surface area (TPSA) is 9.23 Å². The summed E-state index contributed by atoms with van der Waals surface area (Å²) in [5.41, 5.74) is 0.566. The zero-order valence-corrected chi connectivity index (χ0v) is 19.3. The smallest absolute Gasteiger partial charge is 0.288 e. The summed E-state index contributed by atoms with van der Waals surface area (Å²) >= 11 is 0. The van der Waals surface area contributed by atoms with Crippen LogP contribution in [0.4, 0.5) is 0 Å². The number of fused-ring (bicyclic) bond motifs is 2. The molecule has 2 fully saturated rings. The quantitative estimate of drug-likeness (QED) is 0.428. The normalized spacial score (nSPS) is 27.3. The molecule has 0 N–H and O–H groups in total. The molecule has 0 amide bonds. The van der Waals surface area contributed by atoms with E-state index in [1.807, 2.05) is 0 Å². The minimum absolute atomic E-state index is 0.230. The third-order valence-electron chi connectivity index (χ3n) is 8.57. The van der Waals surface area contributed by atoms with Crippen molar-refractivity contribution in [1.29, 1.82) is 0 Å². The molecule has 2 aliphatic rings. The van der Waals surface area contributed by atoms with Gasteiger partial charge < -0.3 is 4.43 Å². The van der Waals surface area contributed by atoms with Crippen molar-refractivity contribution in [2.45, 2.75) is 46.1 Å². The molecule has 2 heteroatoms. The second kappa shape index (κ2) is 7.21. The highest BCUT2D eigenvalue weighted by molar-refractivity contribution is 7.07. The van der Waals surface area contributed by atoms with Crippen molar-refractivity contribution >= 4 is 23.9 Å². The summed E-state index contributed by atoms with van der Waals surface area (Å²) in [6.07, 6.45) is 4.10. The van der Waals surface area contributed by atoms with Gasteiger partial charge >= 0.3 is 0 Å². The lowest BCUT2D eigenvalue weighted by molar-refractivity contribution is 0.0284. The molecule has 3 aromatic carbocycles. The molecule has 1 nitrogen and oxygen atoms in total. The van der Waals surface area contributed by atoms with Crippen molar-refractivity contribution in [1.82, 2.24) is 0 Å². The van der Waals surface area contributed by atoms with Gasteiger partial charge in [-0.2, -0.15) is 0 Å². The van der Waals surface area contributed by atoms with E-state index >= 15 is 0 Å². The first kappa shape index (κ1) is 19.8. The maximum absolute atomic E-state index is 7.57. The second-order valence-corrected chi connectivity index (χ2v) is 13.3. The van der Waals surface area contributed by atoms with Gasteiger partial charge in [-0.05, 0) is 51.6 Å². The molecule has 0 radical (unpaired) electrons. The van der Waals surface area contributed by atoms with Crippen LogP contribution in [0.1, 0.15) is 40.0 Å². The Hall–Kier alpha value is -2.16. The molecule has 154 valence electrons. The van der Waals surface area contributed by atoms with E-state index in [0.717, 1.165) is 5.92 Å². The van der Waals surface area contributed by atoms with Gasteiger partial charge in [-0.3, -0.25) is 0 Å². The second-order valence-electron chi connectivity index (χ2n) is 10.00. The van der Waals surface area contributed by atoms with Gasteiger partial charge in [-0.25, -0.2) is 0 Å². The molecule has 0 saturated heterocycles. The Kier molecular flexibility index (Phi) is 4.76. The van der Waals surface area contributed by atoms with Crippen molar-refractivity contribution in [3.05, 3.63) is 91.0 Å². The maximum Gasteiger partial charge on any atom is 0.288 e. The van der Waals surface area contributed by atoms with Crippen LogP contribution < -0.4 is 15.6 Å². The van der Waals surface area contributed by atoms with E-state index in [0.29, 0.717) is 11.5 Å². The third kappa shape index (κ3) is 2.77. The van der Waals surface area contributed by atoms with E-state index in [2.05, 4.69) is 112 Å². The van der Waals surface area contributed by atoms with Crippen molar-refractivity contribution < 1.29 is 4.43 Å². The summed E-state index contributed by atoms with van der Waals surface area (Å²) in [6, 6.07) is 33.0. The average Bonchev–Trinajstić information content (AvgIpc) is 3.13. The average molecular weight is 413 g/mol. The first-order valence-electron chi connectivity index (χ1n) is 11.3. The predicted octanol–water partition coefficient (Wildman–Crippen LogP) is 4.88. The van der Waals surface area contributed by atoms with Gasteiger partial charge in [-0.1, -0.05) is 112 Å². The van der Waals surface area contributed by atoms with Gasteiger partial charge in [0.1, 0.15) is 0 Å². The van der Waals surface area contributed by atoms with Gasteiger partial charge in [0, 0.05) is 0 Å². The van der Waals surface area contributed by atoms with Gasteiger partial charge in [0.05, 0.1) is 6.10 Å². The molecule has 2 bridgehead atoms. The maximum atomic E-state index is 7.57. The van der Waals surface area contributed by atoms with Gasteiger partial charge in [0.15, 0.2) is 0 Å². The molecule has 0 aliphatic heterocycles. The van der Waals surface area contributed by atoms with E-state index in [1.54, 1.807) is 0 Å². The Bertz CT molecular complexity index is 902. The molecule has 2 unspecified atom stereocenters. The molecule has 0 spiro atoms. The summed E-state index contributed by atoms with van der Waals surface area (Å²) in [5, 5.41) is 4.02. The standard InChI is InChI=1S/C28H32OSi/c1-27(2)22-19-20-28(27,3)26(21-22)29-30(23-13-7-4-8-14-23,24-15-9-5-10-16-24)25-17-11-6-12-18-25/h4-18,22,26H,19-21H2,1-3H3/t22?,26-,28?/m1/s1. The van der Waals surface area contributed by atoms with Crippen LogP contribution in [0.3, 0.4) is 0 Å². The number of hydrogen-bond acceptors (Lipinski definition) is 1. The van der Waals surface area contributed by atoms with Crippen molar-refractivity contribution in [2.75, 3.05) is 0 Å². The Balaban J connectivity index is 1.71. The van der Waals surface area contributed by atoms with Gasteiger partial charge in [0.25, 0.3) is 8.32 Å². The summed E-state index contributed by atoms with van der Waals surface area (Å²) in [7, 11) is -2.64. The number of hydrogen-bond donors (Lipinski definition) is 0. The number of rotatable bonds is 5. The first-order valence-corrected chi connectivity index (χ1v) is 13.2. The zero-order chi connectivity index (χ0) is 20.8. The molecule has 3 aromatic rings. The van der Waals surface area contributed by atoms with E-state index in [-0.39, 0.29) is 5.41 Å². The molecular weight excluding hydrogens is 380 g/mol. The highest BCUT2D eigenvalue weighted by Crippen LogP contribution is 2.66. The van der Waals surface area contributed by atoms with E-state index in [1.165, 1.54) is 34.8 Å². The first-order chi connectivity index (χ1) is 14.5. The van der Waals surface area contributed by atoms with Crippen molar-refractivity contribution in [3.63, 3.8) is 0 Å². The van der Waals surface area contributed by atoms with Crippen LogP contribution in [-0.4, -0.2) is 14.4 Å². The van der Waals surface area contributed by atoms with Crippen LogP contribution in [0.2, 0.25) is 0 Å². The minimum Gasteiger partial charge on any atom is -0.401 e. The number of benzene rings is 3. The van der Waals surface area contributed by atoms with Crippen molar-refractivity contribution in [3.8, 4) is 0 Å². The molecule has 0 heterocycles. The Morgan fingerprint density at radius 1 is 0.700 bits per heavy atom. The molecule has 5 rings (SSSR count). The van der Waals surface area contributed by atoms with E-state index < -0.39 is 8.32 Å². The van der Waals surface area contributed by atoms with Gasteiger partial charge in [-0.15, -0.1) is 0 Å². The van der Waals surface area contributed by atoms with Crippen molar-refractivity contribution in [2.24, 2.45) is 16.7 Å². The van der Waals surface area contributed by atoms with Crippen LogP contribution in [-0.2, 0) is 4.43 Å². The molecule has 2 aliphatic carbocycles. The summed E-state index contributed by atoms with van der Waals surface area (Å²) in [5.74, 6) is 0.765. The Labute approximate surface area is 182 Å². The lowest BCUT2D eigenvalue weighted by Gasteiger charge is -2.44. The lowest BCUT2D eigenvalue weighted by Crippen LogP contribution is -2.71. The fourth-order valence-corrected chi connectivity index (χ4v) is 10.4. The SMILES string of the molecule is CC1(C)C2CCC1(C)[C@H](O[Si](c1ccccc1)(c1ccccc1)c1ccccc1)C2. The summed E-state index contributed by atoms with van der Waals surface area (Å²) < 4.78 is 7.57. The molecule has 2 saturated carbocycles. The van der Waals surface area contributed by atoms with Crippen LogP contribution in [0, 0.1) is 16.7 Å². The lowest BCUT2D eigenvalue weighted by atomic mass is 9.70. The Morgan fingerprint density at radius 2 is 1.13 bits per heavy atom. The highest BCUT2D eigenvalue weighted by Gasteiger charge is 2.63.